The van der Waals surface area contributed by atoms with Crippen LogP contribution in [0.25, 0.3) is 0 Å². The van der Waals surface area contributed by atoms with Crippen LogP contribution in [-0.4, -0.2) is 90.7 Å². The molecule has 0 saturated carbocycles. The van der Waals surface area contributed by atoms with Crippen molar-refractivity contribution in [2.24, 2.45) is 0 Å². The average molecular weight is 1680 g/mol. The Labute approximate surface area is 597 Å². The Morgan fingerprint density at radius 1 is 0.385 bits per heavy atom. The van der Waals surface area contributed by atoms with Crippen molar-refractivity contribution in [1.29, 1.82) is 0 Å². The van der Waals surface area contributed by atoms with Crippen LogP contribution >= 0.6 is 83.2 Å². The highest BCUT2D eigenvalue weighted by Crippen LogP contribution is 2.66. The number of hydrogen-bond acceptors (Lipinski definition) is 23. The Morgan fingerprint density at radius 3 is 0.854 bits per heavy atom. The second kappa shape index (κ2) is 48.0. The average Bonchev–Trinajstić information content (AvgIpc) is 0.799. The first-order valence-electron chi connectivity index (χ1n) is 30.8. The van der Waals surface area contributed by atoms with Crippen LogP contribution in [-0.2, 0) is 84.5 Å². The lowest BCUT2D eigenvalue weighted by molar-refractivity contribution is -0.385. The summed E-state index contributed by atoms with van der Waals surface area (Å²) in [6.07, 6.45) is 0.118. The number of nitro benzene ring substituents is 3. The van der Waals surface area contributed by atoms with Crippen LogP contribution in [0.1, 0.15) is 151 Å². The molecule has 0 spiro atoms. The Bertz CT molecular complexity index is 3220. The lowest BCUT2D eigenvalue weighted by atomic mass is 10.0. The SMILES string of the molecule is CCOP(=O)(Cc1ccc([N+](=O)[O-])cc1)OCC.CCOP(=O)(OCC)C(C)(C)c1ccc(N)cc1.CCOP(=O)(OCC)C(C)(C)c1ccc([N+](=O)[O-])cc1.CCOP(=O)(OCC)C(C)c1ccc(N)cc1.CCOP(=O)(OCC)C(C)c1ccc([N+](=O)[O-])cc1.CI.CI.[HH]. The molecule has 0 bridgehead atoms. The van der Waals surface area contributed by atoms with E-state index >= 15 is 0 Å². The second-order valence-electron chi connectivity index (χ2n) is 20.4. The molecule has 0 amide bonds. The first-order valence-corrected chi connectivity index (χ1v) is 43.1. The number of non-ortho nitro benzene ring substituents is 3. The van der Waals surface area contributed by atoms with Gasteiger partial charge < -0.3 is 56.7 Å². The Kier molecular flexibility index (Phi) is 47.1. The summed E-state index contributed by atoms with van der Waals surface area (Å²) in [6.45, 7) is 31.7. The van der Waals surface area contributed by atoms with Crippen LogP contribution in [0.2, 0.25) is 0 Å². The predicted molar refractivity (Wildman–Crippen MR) is 404 cm³/mol. The number of rotatable bonds is 33. The van der Waals surface area contributed by atoms with Crippen LogP contribution in [0.5, 0.6) is 0 Å². The molecule has 0 aliphatic carbocycles. The fourth-order valence-corrected chi connectivity index (χ4v) is 17.3. The summed E-state index contributed by atoms with van der Waals surface area (Å²) >= 11 is 4.30. The molecule has 0 radical (unpaired) electrons. The molecule has 2 atom stereocenters. The zero-order chi connectivity index (χ0) is 74.2. The molecule has 2 unspecified atom stereocenters. The van der Waals surface area contributed by atoms with Crippen molar-refractivity contribution in [2.45, 2.75) is 139 Å². The molecule has 5 aromatic rings. The third-order valence-electron chi connectivity index (χ3n) is 13.3. The number of alkyl halides is 2. The van der Waals surface area contributed by atoms with Gasteiger partial charge in [0.05, 0.1) is 109 Å². The number of nitro groups is 3. The van der Waals surface area contributed by atoms with Gasteiger partial charge in [0.1, 0.15) is 0 Å². The zero-order valence-corrected chi connectivity index (χ0v) is 67.3. The van der Waals surface area contributed by atoms with Gasteiger partial charge in [-0.15, -0.1) is 0 Å². The van der Waals surface area contributed by atoms with Gasteiger partial charge in [-0.1, -0.05) is 106 Å². The van der Waals surface area contributed by atoms with Gasteiger partial charge in [-0.05, 0) is 173 Å². The summed E-state index contributed by atoms with van der Waals surface area (Å²) in [5, 5.41) is 30.2. The summed E-state index contributed by atoms with van der Waals surface area (Å²) in [5.41, 5.74) is 15.7. The Hall–Kier alpha value is -3.89. The fraction of sp³-hybridized carbons (Fsp3) is 0.524. The lowest BCUT2D eigenvalue weighted by Gasteiger charge is -2.33. The molecular weight excluding hydrogens is 1570 g/mol. The number of benzene rings is 5. The van der Waals surface area contributed by atoms with Gasteiger partial charge in [0.15, 0.2) is 0 Å². The number of nitrogens with two attached hydrogens (primary N) is 2. The van der Waals surface area contributed by atoms with Crippen LogP contribution in [0.3, 0.4) is 0 Å². The smallest absolute Gasteiger partial charge is 0.340 e. The van der Waals surface area contributed by atoms with Crippen LogP contribution in [0.15, 0.2) is 121 Å². The topological polar surface area (TPSA) is 359 Å². The van der Waals surface area contributed by atoms with Crippen molar-refractivity contribution in [3.05, 3.63) is 179 Å². The predicted octanol–water partition coefficient (Wildman–Crippen LogP) is 21.1. The number of hydrogen-bond donors (Lipinski definition) is 2. The molecular formula is C63H104I2N5O21P5. The van der Waals surface area contributed by atoms with E-state index in [2.05, 4.69) is 45.2 Å². The van der Waals surface area contributed by atoms with Crippen molar-refractivity contribution in [3.8, 4) is 0 Å². The highest BCUT2D eigenvalue weighted by atomic mass is 127. The van der Waals surface area contributed by atoms with E-state index in [0.29, 0.717) is 67.7 Å². The molecule has 5 rings (SSSR count). The minimum absolute atomic E-state index is 0. The third kappa shape index (κ3) is 30.5. The summed E-state index contributed by atoms with van der Waals surface area (Å²) < 4.78 is 116. The highest BCUT2D eigenvalue weighted by molar-refractivity contribution is 14.1. The van der Waals surface area contributed by atoms with Gasteiger partial charge in [0.2, 0.25) is 0 Å². The quantitative estimate of drug-likeness (QED) is 0.00983. The molecule has 0 aromatic heterocycles. The van der Waals surface area contributed by atoms with Gasteiger partial charge in [-0.25, -0.2) is 0 Å². The summed E-state index contributed by atoms with van der Waals surface area (Å²) in [4.78, 5) is 34.3. The largest absolute Gasteiger partial charge is 0.399 e. The Balaban J connectivity index is -0.00000112. The van der Waals surface area contributed by atoms with Crippen molar-refractivity contribution in [3.63, 3.8) is 0 Å². The van der Waals surface area contributed by atoms with E-state index in [1.165, 1.54) is 36.4 Å². The minimum atomic E-state index is -3.35. The van der Waals surface area contributed by atoms with E-state index in [9.17, 15) is 53.2 Å². The van der Waals surface area contributed by atoms with Gasteiger partial charge >= 0.3 is 38.0 Å². The number of anilines is 2. The molecule has 0 heterocycles. The van der Waals surface area contributed by atoms with Gasteiger partial charge in [-0.3, -0.25) is 53.2 Å². The van der Waals surface area contributed by atoms with Crippen molar-refractivity contribution in [2.75, 3.05) is 87.4 Å². The van der Waals surface area contributed by atoms with Gasteiger partial charge in [0.25, 0.3) is 17.1 Å². The molecule has 0 aliphatic heterocycles. The summed E-state index contributed by atoms with van der Waals surface area (Å²) in [6, 6.07) is 32.3. The maximum absolute atomic E-state index is 12.9. The van der Waals surface area contributed by atoms with Crippen LogP contribution in [0, 0.1) is 30.3 Å². The molecule has 0 aliphatic rings. The zero-order valence-electron chi connectivity index (χ0n) is 58.5. The third-order valence-corrected chi connectivity index (χ3v) is 26.0. The molecule has 96 heavy (non-hydrogen) atoms. The molecule has 5 aromatic carbocycles. The van der Waals surface area contributed by atoms with E-state index in [1.807, 2.05) is 68.7 Å². The van der Waals surface area contributed by atoms with Crippen LogP contribution in [0.4, 0.5) is 28.4 Å². The first-order chi connectivity index (χ1) is 45.1. The van der Waals surface area contributed by atoms with E-state index in [4.69, 9.17) is 56.7 Å². The van der Waals surface area contributed by atoms with E-state index in [1.54, 1.807) is 137 Å². The summed E-state index contributed by atoms with van der Waals surface area (Å²) in [7, 11) is -16.0. The van der Waals surface area contributed by atoms with Crippen molar-refractivity contribution < 1.29 is 84.3 Å². The summed E-state index contributed by atoms with van der Waals surface area (Å²) in [5.74, 6) is 0. The number of nitrogen functional groups attached to an aromatic ring is 2. The monoisotopic (exact) mass is 1680 g/mol. The van der Waals surface area contributed by atoms with Gasteiger partial charge in [-0.2, -0.15) is 0 Å². The maximum Gasteiger partial charge on any atom is 0.340 e. The lowest BCUT2D eigenvalue weighted by Crippen LogP contribution is -2.21. The van der Waals surface area contributed by atoms with Crippen molar-refractivity contribution in [1.82, 2.24) is 0 Å². The number of nitrogens with zero attached hydrogens (tertiary/aromatic N) is 3. The Morgan fingerprint density at radius 2 is 0.604 bits per heavy atom. The minimum Gasteiger partial charge on any atom is -0.399 e. The molecule has 0 fully saturated rings. The molecule has 26 nitrogen and oxygen atoms in total. The standard InChI is InChI=1S/C13H20NO5P.C13H22NO3P.C12H18NO5P.C12H20NO3P.C11H16NO5P.2CH3I.H2/c1-5-18-20(17,19-6-2)13(3,4)11-7-9-12(10-8-11)14(15)16;1-5-16-18(15,17-6-2)13(3,4)11-7-9-12(14)10-8-11;1-4-17-19(16,18-5-2)10(3)11-6-8-12(9-7-11)13(14)15;1-4-15-17(14,16-5-2)10(3)11-6-8-12(13)9-7-11;1-3-16-18(15,17-4-2)9-10-5-7-11(8-6-10)12(13)14;2*1-2;/h7-10H,5-6H2,1-4H3;7-10H,5-6,14H2,1-4H3;6-10H,4-5H2,1-3H3;6-10H,4-5,13H2,1-3H3;5-8H,3-4,9H2,1-2H3;2*1H3;1H. The first kappa shape index (κ1) is 94.2. The van der Waals surface area contributed by atoms with Crippen LogP contribution < -0.4 is 11.5 Å². The fourth-order valence-electron chi connectivity index (χ4n) is 8.32. The number of halogens is 2. The molecule has 4 N–H and O–H groups in total. The maximum atomic E-state index is 12.9. The molecule has 0 saturated heterocycles. The van der Waals surface area contributed by atoms with E-state index < -0.39 is 68.7 Å². The normalized spacial score (nSPS) is 12.2. The van der Waals surface area contributed by atoms with E-state index in [-0.39, 0.29) is 56.7 Å². The highest BCUT2D eigenvalue weighted by Gasteiger charge is 2.46. The molecule has 546 valence electrons. The van der Waals surface area contributed by atoms with E-state index in [0.717, 1.165) is 11.1 Å². The molecule has 33 heteroatoms. The second-order valence-corrected chi connectivity index (χ2v) is 32.4. The van der Waals surface area contributed by atoms with Gasteiger partial charge in [0, 0.05) is 49.2 Å². The van der Waals surface area contributed by atoms with Crippen molar-refractivity contribution >= 4 is 112 Å².